The molecule has 0 bridgehead atoms. The molecule has 0 saturated heterocycles. The van der Waals surface area contributed by atoms with Gasteiger partial charge in [-0.05, 0) is 34.1 Å². The van der Waals surface area contributed by atoms with Crippen molar-refractivity contribution in [1.29, 1.82) is 0 Å². The van der Waals surface area contributed by atoms with Crippen molar-refractivity contribution in [2.24, 2.45) is 11.1 Å². The molecule has 1 amide bonds. The Morgan fingerprint density at radius 2 is 1.75 bits per heavy atom. The predicted octanol–water partition coefficient (Wildman–Crippen LogP) is 0.981. The Balaban J connectivity index is 4.85. The summed E-state index contributed by atoms with van der Waals surface area (Å²) in [5, 5.41) is 8.96. The third-order valence-electron chi connectivity index (χ3n) is 3.30. The van der Waals surface area contributed by atoms with E-state index in [4.69, 9.17) is 10.8 Å². The van der Waals surface area contributed by atoms with E-state index < -0.39 is 11.0 Å². The number of carbonyl (C=O) groups is 1. The highest BCUT2D eigenvalue weighted by atomic mass is 16.3. The van der Waals surface area contributed by atoms with E-state index in [-0.39, 0.29) is 12.5 Å². The second-order valence-electron chi connectivity index (χ2n) is 5.36. The molecule has 0 aliphatic heterocycles. The molecule has 0 saturated carbocycles. The fraction of sp³-hybridized carbons (Fsp3) is 0.917. The van der Waals surface area contributed by atoms with Crippen LogP contribution in [0, 0.1) is 5.41 Å². The maximum atomic E-state index is 12.3. The predicted molar refractivity (Wildman–Crippen MR) is 66.0 cm³/mol. The third-order valence-corrected chi connectivity index (χ3v) is 3.30. The Labute approximate surface area is 98.8 Å². The van der Waals surface area contributed by atoms with Gasteiger partial charge in [-0.2, -0.15) is 0 Å². The smallest absolute Gasteiger partial charge is 0.230 e. The summed E-state index contributed by atoms with van der Waals surface area (Å²) < 4.78 is 0. The van der Waals surface area contributed by atoms with Gasteiger partial charge in [0, 0.05) is 18.6 Å². The number of amides is 1. The number of hydrogen-bond donors (Lipinski definition) is 2. The molecule has 3 N–H and O–H groups in total. The van der Waals surface area contributed by atoms with Crippen LogP contribution in [0.15, 0.2) is 0 Å². The number of nitrogens with two attached hydrogens (primary N) is 1. The molecule has 4 heteroatoms. The van der Waals surface area contributed by atoms with Crippen LogP contribution in [0.25, 0.3) is 0 Å². The van der Waals surface area contributed by atoms with Crippen molar-refractivity contribution in [2.75, 3.05) is 19.7 Å². The minimum atomic E-state index is -0.628. The lowest BCUT2D eigenvalue weighted by Crippen LogP contribution is -2.57. The van der Waals surface area contributed by atoms with Gasteiger partial charge in [-0.1, -0.05) is 6.92 Å². The second kappa shape index (κ2) is 5.64. The highest BCUT2D eigenvalue weighted by Crippen LogP contribution is 2.30. The lowest BCUT2D eigenvalue weighted by molar-refractivity contribution is -0.144. The van der Waals surface area contributed by atoms with Gasteiger partial charge >= 0.3 is 0 Å². The number of hydrogen-bond acceptors (Lipinski definition) is 3. The molecule has 0 spiro atoms. The molecular weight excluding hydrogens is 204 g/mol. The zero-order valence-electron chi connectivity index (χ0n) is 11.2. The number of rotatable bonds is 6. The molecule has 0 fully saturated rings. The minimum absolute atomic E-state index is 0.00712. The zero-order chi connectivity index (χ0) is 13.0. The Morgan fingerprint density at radius 3 is 2.06 bits per heavy atom. The van der Waals surface area contributed by atoms with E-state index in [1.165, 1.54) is 0 Å². The molecular formula is C12H26N2O2. The summed E-state index contributed by atoms with van der Waals surface area (Å²) in [4.78, 5) is 14.0. The summed E-state index contributed by atoms with van der Waals surface area (Å²) in [7, 11) is 0. The number of aliphatic hydroxyl groups excluding tert-OH is 1. The van der Waals surface area contributed by atoms with Crippen LogP contribution in [-0.2, 0) is 4.79 Å². The summed E-state index contributed by atoms with van der Waals surface area (Å²) in [6.45, 7) is 10.5. The van der Waals surface area contributed by atoms with Gasteiger partial charge < -0.3 is 15.7 Å². The van der Waals surface area contributed by atoms with Crippen molar-refractivity contribution < 1.29 is 9.90 Å². The Morgan fingerprint density at radius 1 is 1.25 bits per heavy atom. The van der Waals surface area contributed by atoms with Crippen LogP contribution >= 0.6 is 0 Å². The highest BCUT2D eigenvalue weighted by molar-refractivity contribution is 5.83. The number of nitrogens with zero attached hydrogens (tertiary/aromatic N) is 1. The zero-order valence-corrected chi connectivity index (χ0v) is 11.2. The SMILES string of the molecule is CCCN(CCO)C(=O)C(C)(C)C(C)(C)N. The van der Waals surface area contributed by atoms with Crippen LogP contribution in [-0.4, -0.2) is 41.1 Å². The van der Waals surface area contributed by atoms with Crippen molar-refractivity contribution in [3.8, 4) is 0 Å². The average molecular weight is 230 g/mol. The molecule has 4 nitrogen and oxygen atoms in total. The maximum Gasteiger partial charge on any atom is 0.230 e. The molecule has 0 unspecified atom stereocenters. The quantitative estimate of drug-likeness (QED) is 0.715. The standard InChI is InChI=1S/C12H26N2O2/c1-6-7-14(8-9-15)10(16)11(2,3)12(4,5)13/h15H,6-9,13H2,1-5H3. The van der Waals surface area contributed by atoms with E-state index in [1.807, 2.05) is 34.6 Å². The molecule has 0 heterocycles. The fourth-order valence-corrected chi connectivity index (χ4v) is 1.38. The van der Waals surface area contributed by atoms with Crippen LogP contribution in [0.2, 0.25) is 0 Å². The van der Waals surface area contributed by atoms with Crippen LogP contribution in [0.5, 0.6) is 0 Å². The normalized spacial score (nSPS) is 12.7. The van der Waals surface area contributed by atoms with Gasteiger partial charge in [0.05, 0.1) is 12.0 Å². The Bertz CT molecular complexity index is 226. The molecule has 0 aromatic rings. The second-order valence-corrected chi connectivity index (χ2v) is 5.36. The molecule has 0 aromatic carbocycles. The van der Waals surface area contributed by atoms with E-state index in [0.29, 0.717) is 13.1 Å². The van der Waals surface area contributed by atoms with E-state index in [9.17, 15) is 4.79 Å². The van der Waals surface area contributed by atoms with E-state index in [2.05, 4.69) is 0 Å². The van der Waals surface area contributed by atoms with Gasteiger partial charge in [0.25, 0.3) is 0 Å². The lowest BCUT2D eigenvalue weighted by Gasteiger charge is -2.40. The van der Waals surface area contributed by atoms with Crippen LogP contribution in [0.3, 0.4) is 0 Å². The van der Waals surface area contributed by atoms with Crippen LogP contribution in [0.4, 0.5) is 0 Å². The largest absolute Gasteiger partial charge is 0.395 e. The van der Waals surface area contributed by atoms with Crippen molar-refractivity contribution in [2.45, 2.75) is 46.6 Å². The summed E-state index contributed by atoms with van der Waals surface area (Å²) in [5.41, 5.74) is 4.83. The first kappa shape index (κ1) is 15.4. The molecule has 0 aliphatic carbocycles. The molecule has 0 atom stereocenters. The van der Waals surface area contributed by atoms with Crippen molar-refractivity contribution in [3.63, 3.8) is 0 Å². The third kappa shape index (κ3) is 3.46. The van der Waals surface area contributed by atoms with E-state index in [0.717, 1.165) is 6.42 Å². The molecule has 0 rings (SSSR count). The lowest BCUT2D eigenvalue weighted by atomic mass is 9.74. The van der Waals surface area contributed by atoms with Gasteiger partial charge in [-0.25, -0.2) is 0 Å². The van der Waals surface area contributed by atoms with Crippen molar-refractivity contribution in [3.05, 3.63) is 0 Å². The first-order chi connectivity index (χ1) is 7.18. The minimum Gasteiger partial charge on any atom is -0.395 e. The monoisotopic (exact) mass is 230 g/mol. The summed E-state index contributed by atoms with van der Waals surface area (Å²) >= 11 is 0. The Hall–Kier alpha value is -0.610. The summed E-state index contributed by atoms with van der Waals surface area (Å²) in [6, 6.07) is 0. The first-order valence-corrected chi connectivity index (χ1v) is 5.87. The van der Waals surface area contributed by atoms with E-state index in [1.54, 1.807) is 4.90 Å². The fourth-order valence-electron chi connectivity index (χ4n) is 1.38. The topological polar surface area (TPSA) is 66.6 Å². The van der Waals surface area contributed by atoms with Gasteiger partial charge in [0.2, 0.25) is 5.91 Å². The Kier molecular flexibility index (Phi) is 5.42. The molecule has 0 aromatic heterocycles. The van der Waals surface area contributed by atoms with Gasteiger partial charge in [-0.3, -0.25) is 4.79 Å². The average Bonchev–Trinajstić information content (AvgIpc) is 2.14. The molecule has 0 aliphatic rings. The van der Waals surface area contributed by atoms with Crippen molar-refractivity contribution >= 4 is 5.91 Å². The number of carbonyl (C=O) groups excluding carboxylic acids is 1. The van der Waals surface area contributed by atoms with Crippen LogP contribution in [0.1, 0.15) is 41.0 Å². The number of aliphatic hydroxyl groups is 1. The molecule has 16 heavy (non-hydrogen) atoms. The summed E-state index contributed by atoms with van der Waals surface area (Å²) in [6.07, 6.45) is 0.882. The highest BCUT2D eigenvalue weighted by Gasteiger charge is 2.42. The van der Waals surface area contributed by atoms with E-state index >= 15 is 0 Å². The summed E-state index contributed by atoms with van der Waals surface area (Å²) in [5.74, 6) is 0.0101. The van der Waals surface area contributed by atoms with Crippen molar-refractivity contribution in [1.82, 2.24) is 4.90 Å². The maximum absolute atomic E-state index is 12.3. The molecule has 0 radical (unpaired) electrons. The molecule has 96 valence electrons. The van der Waals surface area contributed by atoms with Gasteiger partial charge in [0.15, 0.2) is 0 Å². The van der Waals surface area contributed by atoms with Gasteiger partial charge in [-0.15, -0.1) is 0 Å². The van der Waals surface area contributed by atoms with Crippen LogP contribution < -0.4 is 5.73 Å². The van der Waals surface area contributed by atoms with Gasteiger partial charge in [0.1, 0.15) is 0 Å². The first-order valence-electron chi connectivity index (χ1n) is 5.87.